The Balaban J connectivity index is 2.82. The van der Waals surface area contributed by atoms with Crippen LogP contribution in [0.5, 0.6) is 0 Å². The predicted octanol–water partition coefficient (Wildman–Crippen LogP) is 1.26. The van der Waals surface area contributed by atoms with Crippen LogP contribution in [0.1, 0.15) is 24.5 Å². The van der Waals surface area contributed by atoms with Crippen LogP contribution in [0, 0.1) is 24.2 Å². The van der Waals surface area contributed by atoms with Crippen molar-refractivity contribution in [3.8, 4) is 6.07 Å². The number of hydrogen-bond donors (Lipinski definition) is 2. The Morgan fingerprint density at radius 3 is 2.65 bits per heavy atom. The molecule has 0 saturated carbocycles. The third kappa shape index (κ3) is 4.33. The summed E-state index contributed by atoms with van der Waals surface area (Å²) in [5.41, 5.74) is 0.997. The highest BCUT2D eigenvalue weighted by atomic mass is 32.2. The first kappa shape index (κ1) is 16.1. The van der Waals surface area contributed by atoms with Gasteiger partial charge in [-0.05, 0) is 36.6 Å². The average molecular weight is 296 g/mol. The molecule has 0 aliphatic rings. The Morgan fingerprint density at radius 1 is 1.50 bits per heavy atom. The lowest BCUT2D eigenvalue weighted by molar-refractivity contribution is -0.137. The standard InChI is InChI=1S/C13H16N2O4S/c1-9(5-13(16)17)8-15-20(18,19)12-4-3-11(7-14)10(2)6-12/h3-4,6,9,15H,5,8H2,1-2H3,(H,16,17). The van der Waals surface area contributed by atoms with Crippen LogP contribution < -0.4 is 4.72 Å². The van der Waals surface area contributed by atoms with Crippen LogP contribution in [0.25, 0.3) is 0 Å². The van der Waals surface area contributed by atoms with Crippen LogP contribution in [-0.4, -0.2) is 26.0 Å². The fourth-order valence-electron chi connectivity index (χ4n) is 1.63. The number of nitrogens with one attached hydrogen (secondary N) is 1. The first-order chi connectivity index (χ1) is 9.26. The molecule has 0 aromatic heterocycles. The lowest BCUT2D eigenvalue weighted by Crippen LogP contribution is -2.29. The Hall–Kier alpha value is -1.91. The number of nitrogens with zero attached hydrogens (tertiary/aromatic N) is 1. The Morgan fingerprint density at radius 2 is 2.15 bits per heavy atom. The molecule has 108 valence electrons. The SMILES string of the molecule is Cc1cc(S(=O)(=O)NCC(C)CC(=O)O)ccc1C#N. The van der Waals surface area contributed by atoms with Gasteiger partial charge >= 0.3 is 5.97 Å². The van der Waals surface area contributed by atoms with Crippen molar-refractivity contribution in [1.82, 2.24) is 4.72 Å². The van der Waals surface area contributed by atoms with Crippen molar-refractivity contribution >= 4 is 16.0 Å². The van der Waals surface area contributed by atoms with Gasteiger partial charge in [0, 0.05) is 13.0 Å². The van der Waals surface area contributed by atoms with Crippen molar-refractivity contribution in [1.29, 1.82) is 5.26 Å². The summed E-state index contributed by atoms with van der Waals surface area (Å²) in [5, 5.41) is 17.4. The van der Waals surface area contributed by atoms with E-state index in [2.05, 4.69) is 4.72 Å². The quantitative estimate of drug-likeness (QED) is 0.821. The number of carbonyl (C=O) groups is 1. The molecular weight excluding hydrogens is 280 g/mol. The van der Waals surface area contributed by atoms with Gasteiger partial charge < -0.3 is 5.11 Å². The molecule has 0 amide bonds. The van der Waals surface area contributed by atoms with Crippen LogP contribution in [0.2, 0.25) is 0 Å². The summed E-state index contributed by atoms with van der Waals surface area (Å²) in [5.74, 6) is -1.27. The molecule has 0 heterocycles. The van der Waals surface area contributed by atoms with E-state index in [9.17, 15) is 13.2 Å². The highest BCUT2D eigenvalue weighted by Gasteiger charge is 2.17. The molecule has 1 aromatic carbocycles. The zero-order valence-electron chi connectivity index (χ0n) is 11.3. The van der Waals surface area contributed by atoms with Crippen molar-refractivity contribution < 1.29 is 18.3 Å². The van der Waals surface area contributed by atoms with Gasteiger partial charge in [0.15, 0.2) is 0 Å². The molecule has 0 aliphatic heterocycles. The largest absolute Gasteiger partial charge is 0.481 e. The third-order valence-electron chi connectivity index (χ3n) is 2.77. The summed E-state index contributed by atoms with van der Waals surface area (Å²) in [4.78, 5) is 10.6. The van der Waals surface area contributed by atoms with E-state index >= 15 is 0 Å². The molecule has 0 bridgehead atoms. The number of sulfonamides is 1. The summed E-state index contributed by atoms with van der Waals surface area (Å²) >= 11 is 0. The molecule has 7 heteroatoms. The predicted molar refractivity (Wildman–Crippen MR) is 72.5 cm³/mol. The summed E-state index contributed by atoms with van der Waals surface area (Å²) in [6.07, 6.45) is -0.102. The van der Waals surface area contributed by atoms with Crippen LogP contribution in [0.3, 0.4) is 0 Å². The van der Waals surface area contributed by atoms with Gasteiger partial charge in [-0.3, -0.25) is 4.79 Å². The maximum atomic E-state index is 12.0. The number of carboxylic acids is 1. The van der Waals surface area contributed by atoms with E-state index in [1.165, 1.54) is 18.2 Å². The van der Waals surface area contributed by atoms with E-state index in [4.69, 9.17) is 10.4 Å². The maximum Gasteiger partial charge on any atom is 0.303 e. The molecule has 1 atom stereocenters. The van der Waals surface area contributed by atoms with Crippen molar-refractivity contribution in [2.75, 3.05) is 6.54 Å². The minimum Gasteiger partial charge on any atom is -0.481 e. The normalized spacial score (nSPS) is 12.7. The van der Waals surface area contributed by atoms with Gasteiger partial charge in [-0.1, -0.05) is 6.92 Å². The van der Waals surface area contributed by atoms with Gasteiger partial charge in [0.25, 0.3) is 0 Å². The summed E-state index contributed by atoms with van der Waals surface area (Å²) in [6, 6.07) is 6.19. The molecule has 1 aromatic rings. The van der Waals surface area contributed by atoms with E-state index in [1.54, 1.807) is 13.8 Å². The molecule has 0 aliphatic carbocycles. The van der Waals surface area contributed by atoms with Crippen LogP contribution in [0.4, 0.5) is 0 Å². The second kappa shape index (κ2) is 6.50. The zero-order chi connectivity index (χ0) is 15.3. The summed E-state index contributed by atoms with van der Waals surface area (Å²) in [6.45, 7) is 3.36. The van der Waals surface area contributed by atoms with Crippen LogP contribution in [-0.2, 0) is 14.8 Å². The first-order valence-corrected chi connectivity index (χ1v) is 7.47. The number of rotatable bonds is 6. The van der Waals surface area contributed by atoms with E-state index in [1.807, 2.05) is 6.07 Å². The molecule has 6 nitrogen and oxygen atoms in total. The van der Waals surface area contributed by atoms with Gasteiger partial charge in [0.1, 0.15) is 0 Å². The zero-order valence-corrected chi connectivity index (χ0v) is 12.1. The number of aryl methyl sites for hydroxylation is 1. The lowest BCUT2D eigenvalue weighted by Gasteiger charge is -2.11. The molecule has 20 heavy (non-hydrogen) atoms. The molecule has 1 rings (SSSR count). The molecule has 0 spiro atoms. The van der Waals surface area contributed by atoms with Crippen molar-refractivity contribution in [2.24, 2.45) is 5.92 Å². The molecule has 0 fully saturated rings. The minimum absolute atomic E-state index is 0.0493. The molecular formula is C13H16N2O4S. The van der Waals surface area contributed by atoms with E-state index < -0.39 is 16.0 Å². The Kier molecular flexibility index (Phi) is 5.25. The van der Waals surface area contributed by atoms with Crippen molar-refractivity contribution in [3.63, 3.8) is 0 Å². The average Bonchev–Trinajstić information content (AvgIpc) is 2.35. The smallest absolute Gasteiger partial charge is 0.303 e. The number of benzene rings is 1. The van der Waals surface area contributed by atoms with E-state index in [0.717, 1.165) is 0 Å². The minimum atomic E-state index is -3.69. The Bertz CT molecular complexity index is 647. The van der Waals surface area contributed by atoms with Crippen LogP contribution in [0.15, 0.2) is 23.1 Å². The molecule has 0 saturated heterocycles. The second-order valence-electron chi connectivity index (χ2n) is 4.64. The van der Waals surface area contributed by atoms with Gasteiger partial charge in [0.05, 0.1) is 16.5 Å². The third-order valence-corrected chi connectivity index (χ3v) is 4.19. The number of nitriles is 1. The van der Waals surface area contributed by atoms with Gasteiger partial charge in [-0.15, -0.1) is 0 Å². The lowest BCUT2D eigenvalue weighted by atomic mass is 10.1. The van der Waals surface area contributed by atoms with E-state index in [0.29, 0.717) is 11.1 Å². The second-order valence-corrected chi connectivity index (χ2v) is 6.41. The van der Waals surface area contributed by atoms with E-state index in [-0.39, 0.29) is 23.8 Å². The summed E-state index contributed by atoms with van der Waals surface area (Å²) < 4.78 is 26.4. The van der Waals surface area contributed by atoms with Gasteiger partial charge in [0.2, 0.25) is 10.0 Å². The number of aliphatic carboxylic acids is 1. The molecule has 0 radical (unpaired) electrons. The molecule has 2 N–H and O–H groups in total. The molecule has 1 unspecified atom stereocenters. The van der Waals surface area contributed by atoms with Gasteiger partial charge in [-0.2, -0.15) is 5.26 Å². The van der Waals surface area contributed by atoms with Gasteiger partial charge in [-0.25, -0.2) is 13.1 Å². The van der Waals surface area contributed by atoms with Crippen molar-refractivity contribution in [3.05, 3.63) is 29.3 Å². The topological polar surface area (TPSA) is 107 Å². The highest BCUT2D eigenvalue weighted by Crippen LogP contribution is 2.15. The first-order valence-electron chi connectivity index (χ1n) is 5.98. The highest BCUT2D eigenvalue weighted by molar-refractivity contribution is 7.89. The number of hydrogen-bond acceptors (Lipinski definition) is 4. The Labute approximate surface area is 118 Å². The van der Waals surface area contributed by atoms with Crippen LogP contribution >= 0.6 is 0 Å². The maximum absolute atomic E-state index is 12.0. The monoisotopic (exact) mass is 296 g/mol. The number of carboxylic acid groups (broad SMARTS) is 1. The fraction of sp³-hybridized carbons (Fsp3) is 0.385. The van der Waals surface area contributed by atoms with Crippen molar-refractivity contribution in [2.45, 2.75) is 25.2 Å². The summed E-state index contributed by atoms with van der Waals surface area (Å²) in [7, 11) is -3.69. The fourth-order valence-corrected chi connectivity index (χ4v) is 2.88.